The van der Waals surface area contributed by atoms with Crippen molar-refractivity contribution in [3.8, 4) is 0 Å². The maximum absolute atomic E-state index is 12.2. The van der Waals surface area contributed by atoms with Gasteiger partial charge in [0.15, 0.2) is 0 Å². The molecular formula is C17H21N5O. The van der Waals surface area contributed by atoms with Crippen LogP contribution in [0.15, 0.2) is 30.7 Å². The molecule has 0 spiro atoms. The third kappa shape index (κ3) is 2.63. The van der Waals surface area contributed by atoms with Crippen molar-refractivity contribution in [1.29, 1.82) is 0 Å². The zero-order valence-electron chi connectivity index (χ0n) is 13.4. The van der Waals surface area contributed by atoms with E-state index in [1.807, 2.05) is 24.2 Å². The van der Waals surface area contributed by atoms with Crippen molar-refractivity contribution in [3.05, 3.63) is 30.7 Å². The summed E-state index contributed by atoms with van der Waals surface area (Å²) in [6.45, 7) is 4.66. The average molecular weight is 311 g/mol. The van der Waals surface area contributed by atoms with E-state index in [1.54, 1.807) is 6.33 Å². The summed E-state index contributed by atoms with van der Waals surface area (Å²) in [6, 6.07) is 6.42. The lowest BCUT2D eigenvalue weighted by Gasteiger charge is -2.38. The number of hydrogen-bond acceptors (Lipinski definition) is 5. The van der Waals surface area contributed by atoms with Crippen LogP contribution in [0, 0.1) is 0 Å². The topological polar surface area (TPSA) is 52.6 Å². The summed E-state index contributed by atoms with van der Waals surface area (Å²) < 4.78 is 0. The van der Waals surface area contributed by atoms with Gasteiger partial charge in [0.05, 0.1) is 11.6 Å². The Morgan fingerprint density at radius 1 is 1.13 bits per heavy atom. The number of aromatic nitrogens is 2. The predicted molar refractivity (Wildman–Crippen MR) is 89.4 cm³/mol. The Bertz CT molecular complexity index is 726. The molecule has 2 fully saturated rings. The van der Waals surface area contributed by atoms with Gasteiger partial charge in [0.25, 0.3) is 0 Å². The smallest absolute Gasteiger partial charge is 0.239 e. The summed E-state index contributed by atoms with van der Waals surface area (Å²) in [5.41, 5.74) is 2.18. The standard InChI is InChI=1S/C17H21N5O/c1-20-5-4-16(17(20)23)22-8-6-21(7-9-22)14-2-3-15-13(10-14)11-18-12-19-15/h2-3,10-12,16H,4-9H2,1H3. The van der Waals surface area contributed by atoms with Gasteiger partial charge < -0.3 is 9.80 Å². The Morgan fingerprint density at radius 2 is 1.96 bits per heavy atom. The molecule has 2 aliphatic rings. The summed E-state index contributed by atoms with van der Waals surface area (Å²) in [6.07, 6.45) is 4.40. The van der Waals surface area contributed by atoms with Crippen molar-refractivity contribution in [3.63, 3.8) is 0 Å². The molecular weight excluding hydrogens is 290 g/mol. The molecule has 1 amide bonds. The van der Waals surface area contributed by atoms with Crippen LogP contribution in [0.5, 0.6) is 0 Å². The fraction of sp³-hybridized carbons (Fsp3) is 0.471. The number of benzene rings is 1. The van der Waals surface area contributed by atoms with Crippen molar-refractivity contribution in [2.75, 3.05) is 44.7 Å². The number of carbonyl (C=O) groups excluding carboxylic acids is 1. The van der Waals surface area contributed by atoms with Gasteiger partial charge in [0, 0.05) is 57.0 Å². The first-order valence-corrected chi connectivity index (χ1v) is 8.16. The van der Waals surface area contributed by atoms with Crippen molar-refractivity contribution >= 4 is 22.5 Å². The Kier molecular flexibility index (Phi) is 3.61. The van der Waals surface area contributed by atoms with E-state index in [2.05, 4.69) is 31.9 Å². The number of likely N-dealkylation sites (tertiary alicyclic amines) is 1. The molecule has 2 aliphatic heterocycles. The maximum atomic E-state index is 12.2. The van der Waals surface area contributed by atoms with Crippen LogP contribution >= 0.6 is 0 Å². The zero-order valence-corrected chi connectivity index (χ0v) is 13.4. The number of hydrogen-bond donors (Lipinski definition) is 0. The van der Waals surface area contributed by atoms with Crippen molar-refractivity contribution in [2.45, 2.75) is 12.5 Å². The van der Waals surface area contributed by atoms with Crippen LogP contribution < -0.4 is 4.90 Å². The van der Waals surface area contributed by atoms with Gasteiger partial charge in [-0.2, -0.15) is 0 Å². The van der Waals surface area contributed by atoms with Crippen LogP contribution in [-0.4, -0.2) is 71.5 Å². The van der Waals surface area contributed by atoms with Crippen LogP contribution in [0.2, 0.25) is 0 Å². The Labute approximate surface area is 135 Å². The van der Waals surface area contributed by atoms with E-state index in [-0.39, 0.29) is 11.9 Å². The van der Waals surface area contributed by atoms with E-state index in [0.717, 1.165) is 50.0 Å². The fourth-order valence-electron chi connectivity index (χ4n) is 3.60. The minimum absolute atomic E-state index is 0.0900. The van der Waals surface area contributed by atoms with Gasteiger partial charge in [0.2, 0.25) is 5.91 Å². The number of nitrogens with zero attached hydrogens (tertiary/aromatic N) is 5. The SMILES string of the molecule is CN1CCC(N2CCN(c3ccc4ncncc4c3)CC2)C1=O. The van der Waals surface area contributed by atoms with Gasteiger partial charge >= 0.3 is 0 Å². The van der Waals surface area contributed by atoms with Crippen LogP contribution in [0.4, 0.5) is 5.69 Å². The molecule has 2 saturated heterocycles. The Balaban J connectivity index is 1.45. The van der Waals surface area contributed by atoms with E-state index in [4.69, 9.17) is 0 Å². The second-order valence-electron chi connectivity index (χ2n) is 6.35. The molecule has 6 heteroatoms. The first-order valence-electron chi connectivity index (χ1n) is 8.16. The highest BCUT2D eigenvalue weighted by molar-refractivity contribution is 5.84. The van der Waals surface area contributed by atoms with E-state index in [1.165, 1.54) is 5.69 Å². The molecule has 0 saturated carbocycles. The molecule has 0 N–H and O–H groups in total. The number of fused-ring (bicyclic) bond motifs is 1. The van der Waals surface area contributed by atoms with Crippen molar-refractivity contribution < 1.29 is 4.79 Å². The highest BCUT2D eigenvalue weighted by Crippen LogP contribution is 2.23. The van der Waals surface area contributed by atoms with Gasteiger partial charge in [-0.3, -0.25) is 9.69 Å². The average Bonchev–Trinajstić information content (AvgIpc) is 2.94. The molecule has 3 heterocycles. The summed E-state index contributed by atoms with van der Waals surface area (Å²) in [7, 11) is 1.90. The van der Waals surface area contributed by atoms with E-state index < -0.39 is 0 Å². The van der Waals surface area contributed by atoms with E-state index >= 15 is 0 Å². The minimum Gasteiger partial charge on any atom is -0.369 e. The summed E-state index contributed by atoms with van der Waals surface area (Å²) >= 11 is 0. The third-order valence-electron chi connectivity index (χ3n) is 5.01. The van der Waals surface area contributed by atoms with Crippen LogP contribution in [0.1, 0.15) is 6.42 Å². The lowest BCUT2D eigenvalue weighted by Crippen LogP contribution is -2.52. The number of likely N-dealkylation sites (N-methyl/N-ethyl adjacent to an activating group) is 1. The minimum atomic E-state index is 0.0900. The van der Waals surface area contributed by atoms with Gasteiger partial charge in [-0.25, -0.2) is 9.97 Å². The summed E-state index contributed by atoms with van der Waals surface area (Å²) in [4.78, 5) is 27.1. The number of carbonyl (C=O) groups is 1. The quantitative estimate of drug-likeness (QED) is 0.828. The fourth-order valence-corrected chi connectivity index (χ4v) is 3.60. The zero-order chi connectivity index (χ0) is 15.8. The molecule has 0 aliphatic carbocycles. The number of rotatable bonds is 2. The largest absolute Gasteiger partial charge is 0.369 e. The van der Waals surface area contributed by atoms with Crippen LogP contribution in [-0.2, 0) is 4.79 Å². The lowest BCUT2D eigenvalue weighted by molar-refractivity contribution is -0.131. The normalized spacial score (nSPS) is 23.0. The molecule has 2 aromatic rings. The molecule has 1 aromatic heterocycles. The van der Waals surface area contributed by atoms with Crippen LogP contribution in [0.25, 0.3) is 10.9 Å². The van der Waals surface area contributed by atoms with Gasteiger partial charge in [0.1, 0.15) is 6.33 Å². The lowest BCUT2D eigenvalue weighted by atomic mass is 10.1. The highest BCUT2D eigenvalue weighted by atomic mass is 16.2. The molecule has 1 aromatic carbocycles. The van der Waals surface area contributed by atoms with Crippen molar-refractivity contribution in [1.82, 2.24) is 19.8 Å². The molecule has 23 heavy (non-hydrogen) atoms. The van der Waals surface area contributed by atoms with Gasteiger partial charge in [-0.15, -0.1) is 0 Å². The van der Waals surface area contributed by atoms with Gasteiger partial charge in [-0.1, -0.05) is 0 Å². The number of anilines is 1. The van der Waals surface area contributed by atoms with Crippen molar-refractivity contribution in [2.24, 2.45) is 0 Å². The van der Waals surface area contributed by atoms with E-state index in [0.29, 0.717) is 0 Å². The first-order chi connectivity index (χ1) is 11.2. The number of amides is 1. The molecule has 1 unspecified atom stereocenters. The third-order valence-corrected chi connectivity index (χ3v) is 5.01. The summed E-state index contributed by atoms with van der Waals surface area (Å²) in [5, 5.41) is 1.07. The second kappa shape index (κ2) is 5.77. The van der Waals surface area contributed by atoms with Gasteiger partial charge in [-0.05, 0) is 24.6 Å². The molecule has 120 valence electrons. The molecule has 4 rings (SSSR count). The molecule has 0 bridgehead atoms. The van der Waals surface area contributed by atoms with Crippen LogP contribution in [0.3, 0.4) is 0 Å². The predicted octanol–water partition coefficient (Wildman–Crippen LogP) is 0.982. The molecule has 6 nitrogen and oxygen atoms in total. The summed E-state index contributed by atoms with van der Waals surface area (Å²) in [5.74, 6) is 0.279. The monoisotopic (exact) mass is 311 g/mol. The highest BCUT2D eigenvalue weighted by Gasteiger charge is 2.35. The second-order valence-corrected chi connectivity index (χ2v) is 6.35. The van der Waals surface area contributed by atoms with E-state index in [9.17, 15) is 4.79 Å². The Hall–Kier alpha value is -2.21. The first kappa shape index (κ1) is 14.4. The number of piperazine rings is 1. The Morgan fingerprint density at radius 3 is 2.70 bits per heavy atom. The molecule has 0 radical (unpaired) electrons. The maximum Gasteiger partial charge on any atom is 0.239 e. The molecule has 1 atom stereocenters.